The molecule has 0 N–H and O–H groups in total. The van der Waals surface area contributed by atoms with Crippen molar-refractivity contribution in [1.29, 1.82) is 0 Å². The number of hydrogen-bond donors (Lipinski definition) is 0. The molecule has 0 bridgehead atoms. The van der Waals surface area contributed by atoms with Crippen molar-refractivity contribution in [3.63, 3.8) is 0 Å². The van der Waals surface area contributed by atoms with Gasteiger partial charge >= 0.3 is 0 Å². The summed E-state index contributed by atoms with van der Waals surface area (Å²) in [7, 11) is 1.62. The molecule has 0 unspecified atom stereocenters. The van der Waals surface area contributed by atoms with Gasteiger partial charge in [-0.15, -0.1) is 0 Å². The molecule has 8 nitrogen and oxygen atoms in total. The Bertz CT molecular complexity index is 1310. The van der Waals surface area contributed by atoms with Gasteiger partial charge in [0, 0.05) is 42.6 Å². The smallest absolute Gasteiger partial charge is 0.212 e. The second-order valence-electron chi connectivity index (χ2n) is 8.58. The monoisotopic (exact) mass is 463 g/mol. The van der Waals surface area contributed by atoms with Gasteiger partial charge < -0.3 is 4.74 Å². The molecule has 1 aliphatic rings. The molecule has 0 amide bonds. The predicted molar refractivity (Wildman–Crippen MR) is 126 cm³/mol. The molecule has 0 saturated heterocycles. The Morgan fingerprint density at radius 3 is 2.55 bits per heavy atom. The van der Waals surface area contributed by atoms with Crippen LogP contribution < -0.4 is 4.74 Å². The van der Waals surface area contributed by atoms with Crippen LogP contribution >= 0.6 is 11.6 Å². The van der Waals surface area contributed by atoms with Crippen molar-refractivity contribution in [1.82, 2.24) is 34.5 Å². The molecule has 4 aromatic heterocycles. The summed E-state index contributed by atoms with van der Waals surface area (Å²) in [6.07, 6.45) is 6.56. The number of rotatable bonds is 7. The molecule has 0 aliphatic heterocycles. The van der Waals surface area contributed by atoms with Crippen molar-refractivity contribution in [3.8, 4) is 23.0 Å². The van der Waals surface area contributed by atoms with E-state index < -0.39 is 0 Å². The van der Waals surface area contributed by atoms with Crippen LogP contribution in [0, 0.1) is 26.7 Å². The highest BCUT2D eigenvalue weighted by Gasteiger charge is 2.26. The molecule has 1 aliphatic carbocycles. The minimum absolute atomic E-state index is 0.590. The highest BCUT2D eigenvalue weighted by molar-refractivity contribution is 6.31. The van der Waals surface area contributed by atoms with Crippen LogP contribution in [-0.4, -0.2) is 41.6 Å². The fourth-order valence-corrected chi connectivity index (χ4v) is 4.16. The Kier molecular flexibility index (Phi) is 5.62. The first kappa shape index (κ1) is 21.6. The van der Waals surface area contributed by atoms with Gasteiger partial charge in [-0.1, -0.05) is 11.6 Å². The molecular formula is C24H26ClN7O. The maximum Gasteiger partial charge on any atom is 0.212 e. The van der Waals surface area contributed by atoms with Gasteiger partial charge in [0.1, 0.15) is 6.33 Å². The van der Waals surface area contributed by atoms with Gasteiger partial charge in [0.2, 0.25) is 5.88 Å². The quantitative estimate of drug-likeness (QED) is 0.401. The summed E-state index contributed by atoms with van der Waals surface area (Å²) < 4.78 is 9.12. The largest absolute Gasteiger partial charge is 0.481 e. The lowest BCUT2D eigenvalue weighted by Crippen LogP contribution is -2.10. The first-order chi connectivity index (χ1) is 15.9. The summed E-state index contributed by atoms with van der Waals surface area (Å²) >= 11 is 6.34. The van der Waals surface area contributed by atoms with E-state index in [-0.39, 0.29) is 0 Å². The summed E-state index contributed by atoms with van der Waals surface area (Å²) in [5.74, 6) is 1.99. The van der Waals surface area contributed by atoms with Gasteiger partial charge in [0.15, 0.2) is 5.82 Å². The predicted octanol–water partition coefficient (Wildman–Crippen LogP) is 4.51. The average molecular weight is 464 g/mol. The molecular weight excluding hydrogens is 438 g/mol. The molecule has 33 heavy (non-hydrogen) atoms. The first-order valence-electron chi connectivity index (χ1n) is 11.0. The van der Waals surface area contributed by atoms with Gasteiger partial charge in [-0.2, -0.15) is 10.2 Å². The summed E-state index contributed by atoms with van der Waals surface area (Å²) in [6.45, 7) is 6.87. The zero-order chi connectivity index (χ0) is 23.1. The average Bonchev–Trinajstić information content (AvgIpc) is 3.56. The Morgan fingerprint density at radius 1 is 1.09 bits per heavy atom. The maximum atomic E-state index is 6.34. The number of methoxy groups -OCH3 is 1. The van der Waals surface area contributed by atoms with Gasteiger partial charge in [-0.05, 0) is 51.2 Å². The van der Waals surface area contributed by atoms with Crippen LogP contribution in [0.2, 0.25) is 5.02 Å². The Morgan fingerprint density at radius 2 is 1.91 bits per heavy atom. The fraction of sp³-hybridized carbons (Fsp3) is 0.375. The topological polar surface area (TPSA) is 83.5 Å². The number of halogens is 1. The second-order valence-corrected chi connectivity index (χ2v) is 8.95. The summed E-state index contributed by atoms with van der Waals surface area (Å²) in [6, 6.07) is 5.84. The standard InChI is InChI=1S/C24H26ClN7O/c1-14-20(9-19-10-21(28-13-27-19)32-16(3)23(25)15(2)29-32)31(12-17-5-6-17)30-24(14)18-7-8-22(33-4)26-11-18/h7-8,10-11,13,17H,5-6,9,12H2,1-4H3. The van der Waals surface area contributed by atoms with E-state index >= 15 is 0 Å². The molecule has 0 radical (unpaired) electrons. The van der Waals surface area contributed by atoms with E-state index in [4.69, 9.17) is 21.4 Å². The van der Waals surface area contributed by atoms with Crippen molar-refractivity contribution in [3.05, 3.63) is 64.1 Å². The highest BCUT2D eigenvalue weighted by atomic mass is 35.5. The normalized spacial score (nSPS) is 13.5. The van der Waals surface area contributed by atoms with Crippen LogP contribution in [0.4, 0.5) is 0 Å². The van der Waals surface area contributed by atoms with Crippen molar-refractivity contribution in [2.45, 2.75) is 46.6 Å². The SMILES string of the molecule is COc1ccc(-c2nn(CC3CC3)c(Cc3cc(-n4nc(C)c(Cl)c4C)ncn3)c2C)cn1. The van der Waals surface area contributed by atoms with Crippen LogP contribution in [0.1, 0.15) is 41.2 Å². The number of aromatic nitrogens is 7. The zero-order valence-electron chi connectivity index (χ0n) is 19.2. The van der Waals surface area contributed by atoms with Gasteiger partial charge in [-0.25, -0.2) is 19.6 Å². The summed E-state index contributed by atoms with van der Waals surface area (Å²) in [5.41, 5.74) is 6.77. The number of aryl methyl sites for hydroxylation is 1. The molecule has 9 heteroatoms. The molecule has 1 fully saturated rings. The van der Waals surface area contributed by atoms with E-state index in [9.17, 15) is 0 Å². The van der Waals surface area contributed by atoms with Crippen LogP contribution in [0.3, 0.4) is 0 Å². The van der Waals surface area contributed by atoms with E-state index in [0.29, 0.717) is 29.1 Å². The number of ether oxygens (including phenoxy) is 1. The molecule has 0 aromatic carbocycles. The van der Waals surface area contributed by atoms with Crippen molar-refractivity contribution < 1.29 is 4.74 Å². The van der Waals surface area contributed by atoms with Crippen LogP contribution in [-0.2, 0) is 13.0 Å². The van der Waals surface area contributed by atoms with E-state index in [1.165, 1.54) is 12.8 Å². The molecule has 1 saturated carbocycles. The molecule has 4 heterocycles. The number of pyridine rings is 1. The Labute approximate surface area is 197 Å². The lowest BCUT2D eigenvalue weighted by atomic mass is 10.1. The molecule has 4 aromatic rings. The summed E-state index contributed by atoms with van der Waals surface area (Å²) in [5, 5.41) is 10.2. The van der Waals surface area contributed by atoms with Crippen LogP contribution in [0.25, 0.3) is 17.1 Å². The minimum Gasteiger partial charge on any atom is -0.481 e. The third-order valence-electron chi connectivity index (χ3n) is 6.15. The van der Waals surface area contributed by atoms with Gasteiger partial charge in [0.25, 0.3) is 0 Å². The minimum atomic E-state index is 0.590. The highest BCUT2D eigenvalue weighted by Crippen LogP contribution is 2.33. The molecule has 5 rings (SSSR count). The van der Waals surface area contributed by atoms with E-state index in [2.05, 4.69) is 31.7 Å². The zero-order valence-corrected chi connectivity index (χ0v) is 20.0. The van der Waals surface area contributed by atoms with Crippen molar-refractivity contribution >= 4 is 11.6 Å². The van der Waals surface area contributed by atoms with Gasteiger partial charge in [0.05, 0.1) is 34.9 Å². The Balaban J connectivity index is 1.51. The lowest BCUT2D eigenvalue weighted by molar-refractivity contribution is 0.398. The molecule has 0 spiro atoms. The van der Waals surface area contributed by atoms with E-state index in [1.807, 2.05) is 38.2 Å². The van der Waals surface area contributed by atoms with E-state index in [1.54, 1.807) is 18.1 Å². The second kappa shape index (κ2) is 8.59. The van der Waals surface area contributed by atoms with Crippen molar-refractivity contribution in [2.75, 3.05) is 7.11 Å². The first-order valence-corrected chi connectivity index (χ1v) is 11.4. The van der Waals surface area contributed by atoms with Crippen LogP contribution in [0.5, 0.6) is 5.88 Å². The third-order valence-corrected chi connectivity index (χ3v) is 6.69. The fourth-order valence-electron chi connectivity index (χ4n) is 4.04. The number of nitrogens with zero attached hydrogens (tertiary/aromatic N) is 7. The molecule has 0 atom stereocenters. The van der Waals surface area contributed by atoms with Gasteiger partial charge in [-0.3, -0.25) is 4.68 Å². The van der Waals surface area contributed by atoms with E-state index in [0.717, 1.165) is 46.1 Å². The van der Waals surface area contributed by atoms with Crippen molar-refractivity contribution in [2.24, 2.45) is 5.92 Å². The molecule has 170 valence electrons. The van der Waals surface area contributed by atoms with Crippen LogP contribution in [0.15, 0.2) is 30.7 Å². The number of hydrogen-bond acceptors (Lipinski definition) is 6. The maximum absolute atomic E-state index is 6.34. The Hall–Kier alpha value is -3.26. The third kappa shape index (κ3) is 4.23. The summed E-state index contributed by atoms with van der Waals surface area (Å²) in [4.78, 5) is 13.3. The lowest BCUT2D eigenvalue weighted by Gasteiger charge is -2.09.